The van der Waals surface area contributed by atoms with E-state index in [-0.39, 0.29) is 18.1 Å². The summed E-state index contributed by atoms with van der Waals surface area (Å²) in [6, 6.07) is 23.4. The van der Waals surface area contributed by atoms with Gasteiger partial charge in [0.25, 0.3) is 11.8 Å². The Balaban J connectivity index is 1.64. The van der Waals surface area contributed by atoms with Crippen molar-refractivity contribution in [3.63, 3.8) is 0 Å². The lowest BCUT2D eigenvalue weighted by Gasteiger charge is -2.11. The molecule has 0 aliphatic rings. The largest absolute Gasteiger partial charge is 0.484 e. The van der Waals surface area contributed by atoms with Crippen LogP contribution in [0.3, 0.4) is 0 Å². The molecule has 0 spiro atoms. The molecule has 0 fully saturated rings. The van der Waals surface area contributed by atoms with Crippen molar-refractivity contribution in [2.24, 2.45) is 0 Å². The molecule has 0 bridgehead atoms. The summed E-state index contributed by atoms with van der Waals surface area (Å²) in [5.74, 6) is -0.326. The van der Waals surface area contributed by atoms with E-state index in [0.717, 1.165) is 16.8 Å². The van der Waals surface area contributed by atoms with Gasteiger partial charge in [-0.25, -0.2) is 0 Å². The van der Waals surface area contributed by atoms with Gasteiger partial charge >= 0.3 is 0 Å². The maximum atomic E-state index is 12.4. The second-order valence-electron chi connectivity index (χ2n) is 7.15. The van der Waals surface area contributed by atoms with Crippen LogP contribution in [0.15, 0.2) is 78.4 Å². The fraction of sp³-hybridized carbons (Fsp3) is 0.115. The lowest BCUT2D eigenvalue weighted by molar-refractivity contribution is -0.118. The molecule has 0 saturated heterocycles. The van der Waals surface area contributed by atoms with Gasteiger partial charge in [-0.3, -0.25) is 9.59 Å². The Morgan fingerprint density at radius 1 is 0.969 bits per heavy atom. The minimum atomic E-state index is -0.502. The Kier molecular flexibility index (Phi) is 7.39. The molecule has 3 rings (SSSR count). The molecule has 3 aromatic carbocycles. The molecule has 6 nitrogen and oxygen atoms in total. The van der Waals surface area contributed by atoms with Crippen molar-refractivity contribution in [1.29, 1.82) is 5.26 Å². The fourth-order valence-electron chi connectivity index (χ4n) is 2.95. The van der Waals surface area contributed by atoms with Gasteiger partial charge in [-0.05, 0) is 66.9 Å². The first-order valence-electron chi connectivity index (χ1n) is 10.0. The molecule has 0 atom stereocenters. The minimum absolute atomic E-state index is 0.0429. The molecule has 3 aromatic rings. The average molecular weight is 425 g/mol. The Morgan fingerprint density at radius 2 is 1.72 bits per heavy atom. The molecular weight excluding hydrogens is 402 g/mol. The molecular formula is C26H23N3O3. The van der Waals surface area contributed by atoms with Crippen LogP contribution in [0.25, 0.3) is 6.08 Å². The van der Waals surface area contributed by atoms with Gasteiger partial charge < -0.3 is 15.4 Å². The Hall–Kier alpha value is -4.37. The summed E-state index contributed by atoms with van der Waals surface area (Å²) >= 11 is 0. The van der Waals surface area contributed by atoms with Crippen molar-refractivity contribution in [2.75, 3.05) is 17.2 Å². The number of aryl methyl sites for hydroxylation is 1. The second kappa shape index (κ2) is 10.6. The number of hydrogen-bond donors (Lipinski definition) is 2. The predicted octanol–water partition coefficient (Wildman–Crippen LogP) is 4.87. The maximum absolute atomic E-state index is 12.4. The highest BCUT2D eigenvalue weighted by Gasteiger charge is 2.10. The summed E-state index contributed by atoms with van der Waals surface area (Å²) in [7, 11) is 0. The van der Waals surface area contributed by atoms with Crippen molar-refractivity contribution >= 4 is 29.3 Å². The molecule has 0 saturated carbocycles. The van der Waals surface area contributed by atoms with Gasteiger partial charge in [0.05, 0.1) is 0 Å². The summed E-state index contributed by atoms with van der Waals surface area (Å²) in [5.41, 5.74) is 4.01. The van der Waals surface area contributed by atoms with Gasteiger partial charge in [0, 0.05) is 11.4 Å². The van der Waals surface area contributed by atoms with E-state index in [4.69, 9.17) is 4.74 Å². The van der Waals surface area contributed by atoms with Gasteiger partial charge in [-0.15, -0.1) is 0 Å². The van der Waals surface area contributed by atoms with Gasteiger partial charge in [0.15, 0.2) is 6.61 Å². The van der Waals surface area contributed by atoms with Crippen LogP contribution < -0.4 is 15.4 Å². The number of rotatable bonds is 7. The predicted molar refractivity (Wildman–Crippen MR) is 125 cm³/mol. The van der Waals surface area contributed by atoms with Crippen LogP contribution in [0, 0.1) is 25.2 Å². The third kappa shape index (κ3) is 6.07. The monoisotopic (exact) mass is 425 g/mol. The van der Waals surface area contributed by atoms with Gasteiger partial charge in [0.1, 0.15) is 17.4 Å². The molecule has 6 heteroatoms. The van der Waals surface area contributed by atoms with Crippen molar-refractivity contribution in [3.8, 4) is 11.8 Å². The van der Waals surface area contributed by atoms with Crippen LogP contribution in [0.2, 0.25) is 0 Å². The van der Waals surface area contributed by atoms with Gasteiger partial charge in [-0.2, -0.15) is 5.26 Å². The number of benzene rings is 3. The summed E-state index contributed by atoms with van der Waals surface area (Å²) < 4.78 is 5.60. The Morgan fingerprint density at radius 3 is 2.47 bits per heavy atom. The lowest BCUT2D eigenvalue weighted by Crippen LogP contribution is -2.20. The third-order valence-electron chi connectivity index (χ3n) is 4.81. The van der Waals surface area contributed by atoms with Crippen molar-refractivity contribution < 1.29 is 14.3 Å². The molecule has 0 unspecified atom stereocenters. The number of hydrogen-bond acceptors (Lipinski definition) is 4. The van der Waals surface area contributed by atoms with Crippen molar-refractivity contribution in [3.05, 3.63) is 95.1 Å². The van der Waals surface area contributed by atoms with Gasteiger partial charge in [0.2, 0.25) is 0 Å². The SMILES string of the molecule is Cc1cccc(NC(=O)COc2cccc(/C=C(\C#N)C(=O)Nc3ccccc3)c2)c1C. The summed E-state index contributed by atoms with van der Waals surface area (Å²) in [6.07, 6.45) is 1.47. The van der Waals surface area contributed by atoms with Crippen molar-refractivity contribution in [2.45, 2.75) is 13.8 Å². The van der Waals surface area contributed by atoms with E-state index in [0.29, 0.717) is 17.0 Å². The van der Waals surface area contributed by atoms with Crippen LogP contribution in [-0.2, 0) is 9.59 Å². The highest BCUT2D eigenvalue weighted by atomic mass is 16.5. The number of amides is 2. The zero-order chi connectivity index (χ0) is 22.9. The number of ether oxygens (including phenoxy) is 1. The number of carbonyl (C=O) groups excluding carboxylic acids is 2. The molecule has 2 amide bonds. The number of nitrogens with zero attached hydrogens (tertiary/aromatic N) is 1. The molecule has 160 valence electrons. The van der Waals surface area contributed by atoms with E-state index in [1.165, 1.54) is 6.08 Å². The first-order chi connectivity index (χ1) is 15.5. The van der Waals surface area contributed by atoms with E-state index in [2.05, 4.69) is 10.6 Å². The van der Waals surface area contributed by atoms with Crippen LogP contribution >= 0.6 is 0 Å². The van der Waals surface area contributed by atoms with Crippen LogP contribution in [0.5, 0.6) is 5.75 Å². The summed E-state index contributed by atoms with van der Waals surface area (Å²) in [4.78, 5) is 24.7. The lowest BCUT2D eigenvalue weighted by atomic mass is 10.1. The maximum Gasteiger partial charge on any atom is 0.266 e. The molecule has 0 aromatic heterocycles. The van der Waals surface area contributed by atoms with Crippen LogP contribution in [0.1, 0.15) is 16.7 Å². The van der Waals surface area contributed by atoms with E-state index in [1.54, 1.807) is 48.5 Å². The summed E-state index contributed by atoms with van der Waals surface area (Å²) in [6.45, 7) is 3.76. The van der Waals surface area contributed by atoms with E-state index in [9.17, 15) is 14.9 Å². The number of para-hydroxylation sites is 1. The second-order valence-corrected chi connectivity index (χ2v) is 7.15. The highest BCUT2D eigenvalue weighted by molar-refractivity contribution is 6.09. The average Bonchev–Trinajstić information content (AvgIpc) is 2.80. The van der Waals surface area contributed by atoms with E-state index in [1.807, 2.05) is 44.2 Å². The molecule has 2 N–H and O–H groups in total. The molecule has 0 heterocycles. The summed E-state index contributed by atoms with van der Waals surface area (Å²) in [5, 5.41) is 14.9. The highest BCUT2D eigenvalue weighted by Crippen LogP contribution is 2.19. The van der Waals surface area contributed by atoms with E-state index < -0.39 is 5.91 Å². The number of carbonyl (C=O) groups is 2. The van der Waals surface area contributed by atoms with Crippen LogP contribution in [0.4, 0.5) is 11.4 Å². The first-order valence-corrected chi connectivity index (χ1v) is 10.0. The topological polar surface area (TPSA) is 91.2 Å². The fourth-order valence-corrected chi connectivity index (χ4v) is 2.95. The van der Waals surface area contributed by atoms with Crippen LogP contribution in [-0.4, -0.2) is 18.4 Å². The number of nitriles is 1. The quantitative estimate of drug-likeness (QED) is 0.417. The zero-order valence-electron chi connectivity index (χ0n) is 17.9. The number of anilines is 2. The van der Waals surface area contributed by atoms with Crippen molar-refractivity contribution in [1.82, 2.24) is 0 Å². The Bertz CT molecular complexity index is 1190. The molecule has 0 aliphatic carbocycles. The number of nitrogens with one attached hydrogen (secondary N) is 2. The molecule has 0 aliphatic heterocycles. The Labute approximate surface area is 187 Å². The molecule has 32 heavy (non-hydrogen) atoms. The smallest absolute Gasteiger partial charge is 0.266 e. The van der Waals surface area contributed by atoms with Gasteiger partial charge in [-0.1, -0.05) is 42.5 Å². The molecule has 0 radical (unpaired) electrons. The van der Waals surface area contributed by atoms with E-state index >= 15 is 0 Å². The zero-order valence-corrected chi connectivity index (χ0v) is 17.9. The first kappa shape index (κ1) is 22.3. The standard InChI is InChI=1S/C26H23N3O3/c1-18-8-6-13-24(19(18)2)29-25(30)17-32-23-12-7-9-20(15-23)14-21(16-27)26(31)28-22-10-4-3-5-11-22/h3-15H,17H2,1-2H3,(H,28,31)(H,29,30)/b21-14+. The third-order valence-corrected chi connectivity index (χ3v) is 4.81. The minimum Gasteiger partial charge on any atom is -0.484 e. The normalized spacial score (nSPS) is 10.7.